The molecule has 0 radical (unpaired) electrons. The van der Waals surface area contributed by atoms with Gasteiger partial charge in [0.05, 0.1) is 17.9 Å². The SMILES string of the molecule is CCCCCC(O)CCC1C(OC(=O)C2CCCCC2C(=O)NCCCCCCNC(=O)CC)CC2Cc3c(cccc3OCC(O)O)CC21. The average molecular weight is 701 g/mol. The van der Waals surface area contributed by atoms with Crippen molar-refractivity contribution in [1.82, 2.24) is 10.6 Å². The summed E-state index contributed by atoms with van der Waals surface area (Å²) in [4.78, 5) is 38.7. The second kappa shape index (κ2) is 21.0. The number of unbranched alkanes of at least 4 members (excludes halogenated alkanes) is 5. The minimum atomic E-state index is -1.55. The van der Waals surface area contributed by atoms with Crippen LogP contribution in [0.4, 0.5) is 0 Å². The van der Waals surface area contributed by atoms with Crippen LogP contribution in [0.15, 0.2) is 18.2 Å². The fraction of sp³-hybridized carbons (Fsp3) is 0.775. The van der Waals surface area contributed by atoms with Crippen LogP contribution in [0, 0.1) is 29.6 Å². The summed E-state index contributed by atoms with van der Waals surface area (Å²) < 4.78 is 12.2. The number of carbonyl (C=O) groups is 3. The number of ether oxygens (including phenoxy) is 2. The predicted octanol–water partition coefficient (Wildman–Crippen LogP) is 5.37. The van der Waals surface area contributed by atoms with Crippen molar-refractivity contribution in [2.24, 2.45) is 29.6 Å². The van der Waals surface area contributed by atoms with E-state index in [1.54, 1.807) is 0 Å². The molecule has 5 N–H and O–H groups in total. The van der Waals surface area contributed by atoms with Crippen molar-refractivity contribution in [2.45, 2.75) is 148 Å². The molecule has 0 heterocycles. The Morgan fingerprint density at radius 3 is 2.34 bits per heavy atom. The number of aliphatic hydroxyl groups is 3. The third-order valence-electron chi connectivity index (χ3n) is 11.4. The van der Waals surface area contributed by atoms with Gasteiger partial charge in [0.25, 0.3) is 0 Å². The molecule has 3 aliphatic carbocycles. The maximum Gasteiger partial charge on any atom is 0.310 e. The summed E-state index contributed by atoms with van der Waals surface area (Å²) in [5, 5.41) is 35.6. The molecule has 10 nitrogen and oxygen atoms in total. The summed E-state index contributed by atoms with van der Waals surface area (Å²) in [5.41, 5.74) is 2.27. The van der Waals surface area contributed by atoms with Gasteiger partial charge in [0, 0.05) is 19.5 Å². The van der Waals surface area contributed by atoms with Crippen molar-refractivity contribution in [3.05, 3.63) is 29.3 Å². The lowest BCUT2D eigenvalue weighted by Gasteiger charge is -2.33. The Balaban J connectivity index is 1.36. The maximum atomic E-state index is 14.0. The van der Waals surface area contributed by atoms with Gasteiger partial charge in [-0.1, -0.05) is 70.9 Å². The molecule has 1 aromatic carbocycles. The zero-order valence-corrected chi connectivity index (χ0v) is 30.6. The molecule has 2 fully saturated rings. The van der Waals surface area contributed by atoms with Crippen LogP contribution in [-0.2, 0) is 32.0 Å². The molecule has 0 bridgehead atoms. The number of esters is 1. The van der Waals surface area contributed by atoms with E-state index in [0.29, 0.717) is 50.4 Å². The molecule has 2 saturated carbocycles. The van der Waals surface area contributed by atoms with Crippen molar-refractivity contribution in [2.75, 3.05) is 19.7 Å². The summed E-state index contributed by atoms with van der Waals surface area (Å²) in [5.74, 6) is 0.309. The number of hydrogen-bond donors (Lipinski definition) is 5. The Morgan fingerprint density at radius 2 is 1.62 bits per heavy atom. The highest BCUT2D eigenvalue weighted by Crippen LogP contribution is 2.50. The summed E-state index contributed by atoms with van der Waals surface area (Å²) in [6.07, 6.45) is 13.0. The summed E-state index contributed by atoms with van der Waals surface area (Å²) in [6.45, 7) is 5.08. The molecule has 282 valence electrons. The van der Waals surface area contributed by atoms with Gasteiger partial charge >= 0.3 is 5.97 Å². The lowest BCUT2D eigenvalue weighted by atomic mass is 9.73. The highest BCUT2D eigenvalue weighted by atomic mass is 16.5. The molecule has 0 saturated heterocycles. The van der Waals surface area contributed by atoms with E-state index in [2.05, 4.69) is 23.6 Å². The van der Waals surface area contributed by atoms with Gasteiger partial charge in [-0.05, 0) is 99.2 Å². The number of fused-ring (bicyclic) bond motifs is 2. The van der Waals surface area contributed by atoms with E-state index in [4.69, 9.17) is 9.47 Å². The van der Waals surface area contributed by atoms with Crippen molar-refractivity contribution in [3.63, 3.8) is 0 Å². The minimum Gasteiger partial charge on any atom is -0.488 e. The largest absolute Gasteiger partial charge is 0.488 e. The van der Waals surface area contributed by atoms with Gasteiger partial charge in [-0.3, -0.25) is 14.4 Å². The van der Waals surface area contributed by atoms with Crippen LogP contribution in [0.5, 0.6) is 5.75 Å². The molecule has 7 atom stereocenters. The Kier molecular flexibility index (Phi) is 16.8. The van der Waals surface area contributed by atoms with Crippen molar-refractivity contribution >= 4 is 17.8 Å². The molecule has 0 aromatic heterocycles. The highest BCUT2D eigenvalue weighted by Gasteiger charge is 2.48. The fourth-order valence-electron chi connectivity index (χ4n) is 8.63. The summed E-state index contributed by atoms with van der Waals surface area (Å²) in [6, 6.07) is 5.94. The first-order chi connectivity index (χ1) is 24.2. The third kappa shape index (κ3) is 11.9. The first-order valence-electron chi connectivity index (χ1n) is 19.7. The lowest BCUT2D eigenvalue weighted by molar-refractivity contribution is -0.162. The number of aliphatic hydroxyl groups excluding tert-OH is 2. The van der Waals surface area contributed by atoms with Gasteiger partial charge in [0.15, 0.2) is 6.29 Å². The molecule has 0 aliphatic heterocycles. The molecular weight excluding hydrogens is 636 g/mol. The van der Waals surface area contributed by atoms with Crippen LogP contribution in [0.2, 0.25) is 0 Å². The maximum absolute atomic E-state index is 14.0. The first-order valence-corrected chi connectivity index (χ1v) is 19.7. The lowest BCUT2D eigenvalue weighted by Crippen LogP contribution is -2.42. The van der Waals surface area contributed by atoms with E-state index in [-0.39, 0.29) is 54.4 Å². The van der Waals surface area contributed by atoms with E-state index in [0.717, 1.165) is 95.5 Å². The topological polar surface area (TPSA) is 154 Å². The number of hydrogen-bond acceptors (Lipinski definition) is 8. The first kappa shape index (κ1) is 40.1. The number of carbonyl (C=O) groups excluding carboxylic acids is 3. The second-order valence-electron chi connectivity index (χ2n) is 15.0. The summed E-state index contributed by atoms with van der Waals surface area (Å²) in [7, 11) is 0. The van der Waals surface area contributed by atoms with Gasteiger partial charge in [0.2, 0.25) is 11.8 Å². The van der Waals surface area contributed by atoms with E-state index in [1.165, 1.54) is 5.56 Å². The van der Waals surface area contributed by atoms with Crippen molar-refractivity contribution in [3.8, 4) is 5.75 Å². The smallest absolute Gasteiger partial charge is 0.310 e. The molecule has 4 rings (SSSR count). The predicted molar refractivity (Wildman–Crippen MR) is 192 cm³/mol. The van der Waals surface area contributed by atoms with E-state index in [9.17, 15) is 29.7 Å². The number of amides is 2. The second-order valence-corrected chi connectivity index (χ2v) is 15.0. The monoisotopic (exact) mass is 700 g/mol. The van der Waals surface area contributed by atoms with Gasteiger partial charge in [-0.15, -0.1) is 0 Å². The van der Waals surface area contributed by atoms with Gasteiger partial charge in [-0.2, -0.15) is 0 Å². The van der Waals surface area contributed by atoms with E-state index >= 15 is 0 Å². The van der Waals surface area contributed by atoms with Gasteiger partial charge in [0.1, 0.15) is 18.5 Å². The van der Waals surface area contributed by atoms with Crippen LogP contribution in [0.3, 0.4) is 0 Å². The highest BCUT2D eigenvalue weighted by molar-refractivity contribution is 5.85. The van der Waals surface area contributed by atoms with Crippen molar-refractivity contribution in [1.29, 1.82) is 0 Å². The number of rotatable bonds is 21. The number of benzene rings is 1. The van der Waals surface area contributed by atoms with Gasteiger partial charge in [-0.25, -0.2) is 0 Å². The zero-order valence-electron chi connectivity index (χ0n) is 30.6. The van der Waals surface area contributed by atoms with Crippen LogP contribution >= 0.6 is 0 Å². The molecule has 7 unspecified atom stereocenters. The van der Waals surface area contributed by atoms with Crippen LogP contribution < -0.4 is 15.4 Å². The normalized spacial score (nSPS) is 25.0. The van der Waals surface area contributed by atoms with Crippen molar-refractivity contribution < 1.29 is 39.2 Å². The molecule has 2 amide bonds. The molecule has 50 heavy (non-hydrogen) atoms. The molecule has 0 spiro atoms. The molecule has 10 heteroatoms. The molecule has 3 aliphatic rings. The fourth-order valence-corrected chi connectivity index (χ4v) is 8.63. The zero-order chi connectivity index (χ0) is 35.9. The van der Waals surface area contributed by atoms with E-state index in [1.807, 2.05) is 19.1 Å². The summed E-state index contributed by atoms with van der Waals surface area (Å²) >= 11 is 0. The quantitative estimate of drug-likeness (QED) is 0.0652. The van der Waals surface area contributed by atoms with E-state index < -0.39 is 12.2 Å². The van der Waals surface area contributed by atoms with Crippen LogP contribution in [-0.4, -0.2) is 71.3 Å². The third-order valence-corrected chi connectivity index (χ3v) is 11.4. The van der Waals surface area contributed by atoms with Crippen LogP contribution in [0.25, 0.3) is 0 Å². The minimum absolute atomic E-state index is 0.0512. The standard InChI is InChI=1S/C40H64N2O8/c1-3-5-8-15-29(43)19-20-30-33-23-27-14-13-18-35(49-26-38(45)46)34(27)24-28(33)25-36(30)50-40(48)32-17-10-9-16-31(32)39(47)42-22-12-7-6-11-21-41-37(44)4-2/h13-14,18,28-33,36,38,43,45-46H,3-12,15-17,19-26H2,1-2H3,(H,41,44)(H,42,47). The Labute approximate surface area is 299 Å². The Hall–Kier alpha value is -2.69. The number of nitrogens with one attached hydrogen (secondary N) is 2. The molecule has 1 aromatic rings. The average Bonchev–Trinajstić information content (AvgIpc) is 3.44. The Morgan fingerprint density at radius 1 is 0.880 bits per heavy atom. The molecular formula is C40H64N2O8. The van der Waals surface area contributed by atoms with Crippen LogP contribution in [0.1, 0.15) is 128 Å². The van der Waals surface area contributed by atoms with Gasteiger partial charge < -0.3 is 35.4 Å². The Bertz CT molecular complexity index is 1210.